The molecule has 5 rings (SSSR count). The van der Waals surface area contributed by atoms with Gasteiger partial charge in [-0.2, -0.15) is 0 Å². The maximum atomic E-state index is 5.48. The van der Waals surface area contributed by atoms with Gasteiger partial charge in [0.25, 0.3) is 0 Å². The molecule has 5 aromatic carbocycles. The van der Waals surface area contributed by atoms with E-state index in [-0.39, 0.29) is 0 Å². The summed E-state index contributed by atoms with van der Waals surface area (Å²) in [7, 11) is 20.0. The predicted molar refractivity (Wildman–Crippen MR) is 326 cm³/mol. The van der Waals surface area contributed by atoms with E-state index < -0.39 is 91.9 Å². The van der Waals surface area contributed by atoms with Crippen molar-refractivity contribution in [3.05, 3.63) is 78.9 Å². The van der Waals surface area contributed by atoms with Crippen LogP contribution in [0.25, 0.3) is 0 Å². The van der Waals surface area contributed by atoms with Crippen LogP contribution in [0.4, 0.5) is 0 Å². The van der Waals surface area contributed by atoms with Gasteiger partial charge in [0.2, 0.25) is 0 Å². The Morgan fingerprint density at radius 1 is 0.243 bits per heavy atom. The molecule has 0 aliphatic carbocycles. The number of methoxy groups -OCH3 is 12. The Hall–Kier alpha value is -2.31. The number of hydrogen-bond donors (Lipinski definition) is 0. The standard InChI is InChI=1S/2C9H11O3.3C8H9O2.15CH3.5Sn/c2*1-10-7-5-4-6-8(11-2)9(7)12-3;2*1-9-7-4-3-5-8(6-7)10-2;1-9-7-5-3-4-6-8(7)10-2;;;;;;;;;;;;;;;;;;;;/h5-6H,1-3H3;4-5H,1-3H3;4-6H,1-2H3;3-5H,1-2H3;3,5-6H,1-2H3;15*1H3;;;;;. The average molecular weight is 1560 g/mol. The molecule has 0 fully saturated rings. The van der Waals surface area contributed by atoms with Crippen molar-refractivity contribution in [1.82, 2.24) is 0 Å². The Balaban J connectivity index is 0.000000463. The van der Waals surface area contributed by atoms with Gasteiger partial charge >= 0.3 is 474 Å². The molecule has 0 unspecified atom stereocenters. The van der Waals surface area contributed by atoms with Gasteiger partial charge in [0.05, 0.1) is 0 Å². The summed E-state index contributed by atoms with van der Waals surface area (Å²) in [5.41, 5.74) is 0. The molecule has 0 aliphatic heterocycles. The SMILES string of the molecule is COc1c[c]([Sn]([CH3])([CH3])[CH3])cc(OC)c1OC.COc1cc(OC)c[c]([Sn]([CH3])([CH3])[CH3])c1.COc1cc[c]([Sn]([CH3])([CH3])[CH3])c(OC)c1OC.COc1cc[c]([Sn]([CH3])([CH3])[CH3])cc1OC.COc1cccc(OC)[c]1[Sn]([CH3])([CH3])[CH3]. The molecule has 12 nitrogen and oxygen atoms in total. The molecular formula is C57H94O12Sn5. The van der Waals surface area contributed by atoms with Crippen molar-refractivity contribution >= 4 is 110 Å². The van der Waals surface area contributed by atoms with E-state index in [0.717, 1.165) is 57.5 Å². The topological polar surface area (TPSA) is 111 Å². The fraction of sp³-hybridized carbons (Fsp3) is 0.474. The first-order valence-electron chi connectivity index (χ1n) is 24.6. The molecule has 5 aromatic rings. The van der Waals surface area contributed by atoms with E-state index in [9.17, 15) is 0 Å². The summed E-state index contributed by atoms with van der Waals surface area (Å²) in [5.74, 6) is 9.84. The first-order chi connectivity index (χ1) is 34.3. The van der Waals surface area contributed by atoms with Crippen molar-refractivity contribution in [2.24, 2.45) is 0 Å². The summed E-state index contributed by atoms with van der Waals surface area (Å²) in [6.45, 7) is 0. The Bertz CT molecular complexity index is 2410. The third-order valence-corrected chi connectivity index (χ3v) is 40.5. The molecule has 0 aliphatic rings. The summed E-state index contributed by atoms with van der Waals surface area (Å²) < 4.78 is 70.7. The van der Waals surface area contributed by atoms with Crippen molar-refractivity contribution in [2.75, 3.05) is 85.3 Å². The van der Waals surface area contributed by atoms with Crippen LogP contribution in [0.5, 0.6) is 69.0 Å². The number of ether oxygens (including phenoxy) is 12. The minimum atomic E-state index is -2.18. The fourth-order valence-corrected chi connectivity index (χ4v) is 26.6. The zero-order chi connectivity index (χ0) is 57.0. The van der Waals surface area contributed by atoms with Crippen molar-refractivity contribution in [1.29, 1.82) is 0 Å². The van der Waals surface area contributed by atoms with E-state index in [1.807, 2.05) is 36.4 Å². The molecule has 0 saturated heterocycles. The van der Waals surface area contributed by atoms with Crippen molar-refractivity contribution in [3.8, 4) is 69.0 Å². The van der Waals surface area contributed by atoms with Crippen LogP contribution >= 0.6 is 0 Å². The van der Waals surface area contributed by atoms with Crippen LogP contribution in [0.1, 0.15) is 0 Å². The average Bonchev–Trinajstić information content (AvgIpc) is 3.36. The molecule has 0 bridgehead atoms. The summed E-state index contributed by atoms with van der Waals surface area (Å²) in [4.78, 5) is 35.5. The van der Waals surface area contributed by atoms with Crippen LogP contribution < -0.4 is 74.7 Å². The van der Waals surface area contributed by atoms with Crippen LogP contribution in [0, 0.1) is 0 Å². The van der Waals surface area contributed by atoms with Gasteiger partial charge in [-0.05, 0) is 0 Å². The summed E-state index contributed by atoms with van der Waals surface area (Å²) >= 11 is -10.4. The molecule has 74 heavy (non-hydrogen) atoms. The Morgan fingerprint density at radius 3 is 0.932 bits per heavy atom. The van der Waals surface area contributed by atoms with Crippen LogP contribution in [0.3, 0.4) is 0 Å². The van der Waals surface area contributed by atoms with Crippen molar-refractivity contribution in [2.45, 2.75) is 74.1 Å². The molecule has 17 heteroatoms. The molecular weight excluding hydrogens is 1470 g/mol. The van der Waals surface area contributed by atoms with Crippen LogP contribution in [0.2, 0.25) is 74.1 Å². The zero-order valence-electron chi connectivity index (χ0n) is 50.4. The molecule has 414 valence electrons. The normalized spacial score (nSPS) is 11.2. The maximum absolute atomic E-state index is 5.48. The van der Waals surface area contributed by atoms with Crippen LogP contribution in [0.15, 0.2) is 78.9 Å². The molecule has 0 heterocycles. The molecule has 0 amide bonds. The van der Waals surface area contributed by atoms with Crippen molar-refractivity contribution < 1.29 is 56.8 Å². The third kappa shape index (κ3) is 21.5. The molecule has 0 spiro atoms. The zero-order valence-corrected chi connectivity index (χ0v) is 64.7. The summed E-state index contributed by atoms with van der Waals surface area (Å²) in [6, 6.07) is 26.7. The van der Waals surface area contributed by atoms with E-state index >= 15 is 0 Å². The number of benzene rings is 5. The quantitative estimate of drug-likeness (QED) is 0.0827. The monoisotopic (exact) mass is 1570 g/mol. The molecule has 0 radical (unpaired) electrons. The summed E-state index contributed by atoms with van der Waals surface area (Å²) in [6.07, 6.45) is 0. The van der Waals surface area contributed by atoms with Gasteiger partial charge in [-0.1, -0.05) is 0 Å². The first-order valence-corrected chi connectivity index (χ1v) is 74.6. The van der Waals surface area contributed by atoms with Crippen LogP contribution in [-0.4, -0.2) is 177 Å². The van der Waals surface area contributed by atoms with Gasteiger partial charge in [0.15, 0.2) is 0 Å². The molecule has 0 N–H and O–H groups in total. The van der Waals surface area contributed by atoms with Gasteiger partial charge in [-0.3, -0.25) is 0 Å². The van der Waals surface area contributed by atoms with Crippen molar-refractivity contribution in [3.63, 3.8) is 0 Å². The molecule has 0 saturated carbocycles. The van der Waals surface area contributed by atoms with Gasteiger partial charge < -0.3 is 0 Å². The van der Waals surface area contributed by atoms with Gasteiger partial charge in [0, 0.05) is 0 Å². The Morgan fingerprint density at radius 2 is 0.608 bits per heavy atom. The third-order valence-electron chi connectivity index (χ3n) is 11.7. The summed E-state index contributed by atoms with van der Waals surface area (Å²) in [5, 5.41) is 0. The van der Waals surface area contributed by atoms with Gasteiger partial charge in [-0.15, -0.1) is 0 Å². The Kier molecular flexibility index (Phi) is 30.1. The van der Waals surface area contributed by atoms with Crippen LogP contribution in [-0.2, 0) is 0 Å². The number of rotatable bonds is 17. The number of hydrogen-bond acceptors (Lipinski definition) is 12. The Labute approximate surface area is 468 Å². The first kappa shape index (κ1) is 69.7. The van der Waals surface area contributed by atoms with E-state index in [4.69, 9.17) is 56.8 Å². The minimum absolute atomic E-state index is 0.671. The molecule has 0 atom stereocenters. The second-order valence-electron chi connectivity index (χ2n) is 22.3. The van der Waals surface area contributed by atoms with E-state index in [2.05, 4.69) is 117 Å². The van der Waals surface area contributed by atoms with E-state index in [1.54, 1.807) is 85.3 Å². The van der Waals surface area contributed by atoms with Gasteiger partial charge in [-0.25, -0.2) is 0 Å². The second kappa shape index (κ2) is 31.9. The second-order valence-corrected chi connectivity index (χ2v) is 94.4. The van der Waals surface area contributed by atoms with E-state index in [0.29, 0.717) is 11.5 Å². The van der Waals surface area contributed by atoms with Gasteiger partial charge in [0.1, 0.15) is 0 Å². The van der Waals surface area contributed by atoms with E-state index in [1.165, 1.54) is 17.9 Å². The molecule has 0 aromatic heterocycles. The predicted octanol–water partition coefficient (Wildman–Crippen LogP) is 11.3. The fourth-order valence-electron chi connectivity index (χ4n) is 7.34.